The Labute approximate surface area is 169 Å². The van der Waals surface area contributed by atoms with Crippen LogP contribution in [0, 0.1) is 22.7 Å². The summed E-state index contributed by atoms with van der Waals surface area (Å²) in [5.41, 5.74) is -6.33. The second-order valence-electron chi connectivity index (χ2n) is 8.44. The lowest BCUT2D eigenvalue weighted by Crippen LogP contribution is -2.56. The number of aliphatic hydroxyl groups excluding tert-OH is 2. The average Bonchev–Trinajstić information content (AvgIpc) is 3.12. The monoisotopic (exact) mass is 424 g/mol. The summed E-state index contributed by atoms with van der Waals surface area (Å²) in [6, 6.07) is 4.11. The zero-order valence-corrected chi connectivity index (χ0v) is 16.2. The van der Waals surface area contributed by atoms with E-state index < -0.39 is 64.4 Å². The lowest BCUT2D eigenvalue weighted by Gasteiger charge is -2.40. The van der Waals surface area contributed by atoms with E-state index in [1.165, 1.54) is 13.0 Å². The summed E-state index contributed by atoms with van der Waals surface area (Å²) in [6.07, 6.45) is -6.02. The maximum absolute atomic E-state index is 13.4. The molecule has 3 saturated heterocycles. The molecule has 160 valence electrons. The first-order valence-electron chi connectivity index (χ1n) is 9.36. The second kappa shape index (κ2) is 6.03. The molecule has 0 saturated carbocycles. The van der Waals surface area contributed by atoms with E-state index >= 15 is 0 Å². The van der Waals surface area contributed by atoms with Crippen LogP contribution >= 0.6 is 0 Å². The lowest BCUT2D eigenvalue weighted by molar-refractivity contribution is -0.139. The molecule has 2 bridgehead atoms. The number of hydrogen-bond donors (Lipinski definition) is 2. The van der Waals surface area contributed by atoms with Gasteiger partial charge in [0.25, 0.3) is 0 Å². The number of anilines is 1. The molecule has 4 rings (SSSR count). The summed E-state index contributed by atoms with van der Waals surface area (Å²) in [5, 5.41) is 29.1. The molecule has 0 aromatic heterocycles. The highest BCUT2D eigenvalue weighted by molar-refractivity contribution is 6.25. The lowest BCUT2D eigenvalue weighted by atomic mass is 9.57. The summed E-state index contributed by atoms with van der Waals surface area (Å²) in [4.78, 5) is 27.5. The molecule has 7 nitrogen and oxygen atoms in total. The molecule has 0 spiro atoms. The van der Waals surface area contributed by atoms with Crippen molar-refractivity contribution < 1.29 is 37.7 Å². The molecular weight excluding hydrogens is 405 g/mol. The van der Waals surface area contributed by atoms with Gasteiger partial charge in [0, 0.05) is 19.4 Å². The zero-order valence-electron chi connectivity index (χ0n) is 16.2. The molecule has 2 N–H and O–H groups in total. The summed E-state index contributed by atoms with van der Waals surface area (Å²) >= 11 is 0. The maximum Gasteiger partial charge on any atom is 0.417 e. The van der Waals surface area contributed by atoms with Crippen LogP contribution < -0.4 is 4.90 Å². The quantitative estimate of drug-likeness (QED) is 0.716. The Kier molecular flexibility index (Phi) is 4.18. The minimum atomic E-state index is -4.85. The van der Waals surface area contributed by atoms with Crippen molar-refractivity contribution in [3.63, 3.8) is 0 Å². The molecule has 10 heteroatoms. The third kappa shape index (κ3) is 2.25. The molecule has 0 radical (unpaired) electrons. The maximum atomic E-state index is 13.4. The minimum Gasteiger partial charge on any atom is -0.396 e. The van der Waals surface area contributed by atoms with Gasteiger partial charge in [0.2, 0.25) is 11.8 Å². The molecule has 3 aliphatic heterocycles. The molecule has 1 aromatic rings. The van der Waals surface area contributed by atoms with Gasteiger partial charge in [-0.2, -0.15) is 18.4 Å². The number of carbonyl (C=O) groups excluding carboxylic acids is 2. The number of fused-ring (bicyclic) bond motifs is 5. The Balaban J connectivity index is 1.86. The van der Waals surface area contributed by atoms with Crippen LogP contribution in [-0.4, -0.2) is 45.9 Å². The molecule has 1 aromatic carbocycles. The van der Waals surface area contributed by atoms with E-state index in [0.29, 0.717) is 11.0 Å². The highest BCUT2D eigenvalue weighted by Gasteiger charge is 2.82. The molecule has 3 heterocycles. The summed E-state index contributed by atoms with van der Waals surface area (Å²) in [7, 11) is 0. The fourth-order valence-corrected chi connectivity index (χ4v) is 5.49. The van der Waals surface area contributed by atoms with Crippen molar-refractivity contribution in [2.75, 3.05) is 11.5 Å². The molecule has 3 aliphatic rings. The number of alkyl halides is 3. The SMILES string of the molecule is C[C@]12C[C@H](O)[C@](CCO)(O1)[C@@H]1C(=O)N(c3ccc(C#N)c(C(F)(F)F)c3)C(=O)[C@@]12C. The number of nitriles is 1. The van der Waals surface area contributed by atoms with Crippen molar-refractivity contribution in [3.05, 3.63) is 29.3 Å². The van der Waals surface area contributed by atoms with Crippen LogP contribution in [0.3, 0.4) is 0 Å². The normalized spacial score (nSPS) is 37.6. The summed E-state index contributed by atoms with van der Waals surface area (Å²) in [6.45, 7) is 2.69. The highest BCUT2D eigenvalue weighted by Crippen LogP contribution is 2.68. The van der Waals surface area contributed by atoms with Gasteiger partial charge in [0.05, 0.1) is 45.9 Å². The van der Waals surface area contributed by atoms with Crippen molar-refractivity contribution in [1.29, 1.82) is 5.26 Å². The van der Waals surface area contributed by atoms with Crippen LogP contribution in [-0.2, 0) is 20.5 Å². The average molecular weight is 424 g/mol. The number of halogens is 3. The van der Waals surface area contributed by atoms with Crippen LogP contribution in [0.25, 0.3) is 0 Å². The number of amides is 2. The smallest absolute Gasteiger partial charge is 0.396 e. The predicted molar refractivity (Wildman–Crippen MR) is 94.8 cm³/mol. The molecule has 30 heavy (non-hydrogen) atoms. The van der Waals surface area contributed by atoms with Crippen LogP contribution in [0.5, 0.6) is 0 Å². The van der Waals surface area contributed by atoms with Crippen LogP contribution in [0.4, 0.5) is 18.9 Å². The van der Waals surface area contributed by atoms with Crippen molar-refractivity contribution in [2.24, 2.45) is 11.3 Å². The van der Waals surface area contributed by atoms with Crippen molar-refractivity contribution in [3.8, 4) is 6.07 Å². The molecule has 5 atom stereocenters. The number of nitrogens with zero attached hydrogens (tertiary/aromatic N) is 2. The Bertz CT molecular complexity index is 1010. The summed E-state index contributed by atoms with van der Waals surface area (Å²) in [5.74, 6) is -2.69. The molecule has 0 unspecified atom stereocenters. The van der Waals surface area contributed by atoms with E-state index in [0.717, 1.165) is 12.1 Å². The van der Waals surface area contributed by atoms with Gasteiger partial charge in [-0.25, -0.2) is 4.90 Å². The van der Waals surface area contributed by atoms with E-state index in [1.54, 1.807) is 6.92 Å². The Morgan fingerprint density at radius 1 is 1.33 bits per heavy atom. The van der Waals surface area contributed by atoms with E-state index in [-0.39, 0.29) is 18.5 Å². The highest BCUT2D eigenvalue weighted by atomic mass is 19.4. The first kappa shape index (κ1) is 20.8. The van der Waals surface area contributed by atoms with Gasteiger partial charge in [-0.15, -0.1) is 0 Å². The van der Waals surface area contributed by atoms with Crippen molar-refractivity contribution in [2.45, 2.75) is 50.2 Å². The van der Waals surface area contributed by atoms with Gasteiger partial charge < -0.3 is 14.9 Å². The number of hydrogen-bond acceptors (Lipinski definition) is 6. The molecule has 0 aliphatic carbocycles. The van der Waals surface area contributed by atoms with E-state index in [2.05, 4.69) is 0 Å². The van der Waals surface area contributed by atoms with Crippen LogP contribution in [0.1, 0.15) is 37.8 Å². The van der Waals surface area contributed by atoms with Crippen LogP contribution in [0.15, 0.2) is 18.2 Å². The Morgan fingerprint density at radius 3 is 2.57 bits per heavy atom. The largest absolute Gasteiger partial charge is 0.417 e. The number of aliphatic hydroxyl groups is 2. The Morgan fingerprint density at radius 2 is 2.00 bits per heavy atom. The molecule has 2 amide bonds. The fourth-order valence-electron chi connectivity index (χ4n) is 5.49. The number of carbonyl (C=O) groups is 2. The molecule has 3 fully saturated rings. The van der Waals surface area contributed by atoms with Gasteiger partial charge >= 0.3 is 6.18 Å². The first-order chi connectivity index (χ1) is 13.9. The second-order valence-corrected chi connectivity index (χ2v) is 8.44. The summed E-state index contributed by atoms with van der Waals surface area (Å²) < 4.78 is 46.2. The van der Waals surface area contributed by atoms with E-state index in [4.69, 9.17) is 10.00 Å². The Hall–Kier alpha value is -2.48. The molecular formula is C20H19F3N2O5. The van der Waals surface area contributed by atoms with Gasteiger partial charge in [0.15, 0.2) is 0 Å². The third-order valence-electron chi connectivity index (χ3n) is 7.03. The predicted octanol–water partition coefficient (Wildman–Crippen LogP) is 1.75. The number of imide groups is 1. The standard InChI is InChI=1S/C20H19F3N2O5/c1-17-8-13(27)19(30-17,5-6-26)14-15(28)25(16(29)18(14,17)2)11-4-3-10(9-24)12(7-11)20(21,22)23/h3-4,7,13-14,26-27H,5-6,8H2,1-2H3/t13-,14+,17+,18+,19-/m0/s1. The fraction of sp³-hybridized carbons (Fsp3) is 0.550. The van der Waals surface area contributed by atoms with Gasteiger partial charge in [-0.05, 0) is 32.0 Å². The zero-order chi connectivity index (χ0) is 22.3. The van der Waals surface area contributed by atoms with Gasteiger partial charge in [0.1, 0.15) is 5.60 Å². The van der Waals surface area contributed by atoms with E-state index in [1.807, 2.05) is 0 Å². The first-order valence-corrected chi connectivity index (χ1v) is 9.36. The number of benzene rings is 1. The van der Waals surface area contributed by atoms with Crippen molar-refractivity contribution >= 4 is 17.5 Å². The van der Waals surface area contributed by atoms with Crippen LogP contribution in [0.2, 0.25) is 0 Å². The topological polar surface area (TPSA) is 111 Å². The van der Waals surface area contributed by atoms with Gasteiger partial charge in [-0.3, -0.25) is 9.59 Å². The number of ether oxygens (including phenoxy) is 1. The number of rotatable bonds is 3. The van der Waals surface area contributed by atoms with E-state index in [9.17, 15) is 33.0 Å². The third-order valence-corrected chi connectivity index (χ3v) is 7.03. The minimum absolute atomic E-state index is 0.0496. The van der Waals surface area contributed by atoms with Crippen molar-refractivity contribution in [1.82, 2.24) is 0 Å². The van der Waals surface area contributed by atoms with Gasteiger partial charge in [-0.1, -0.05) is 0 Å².